The number of nitrogens with zero attached hydrogens (tertiary/aromatic N) is 2. The first-order chi connectivity index (χ1) is 19.7. The van der Waals surface area contributed by atoms with E-state index in [1.165, 1.54) is 11.1 Å². The summed E-state index contributed by atoms with van der Waals surface area (Å²) in [6.07, 6.45) is -11.2. The second-order valence-electron chi connectivity index (χ2n) is 9.28. The number of aliphatic carboxylic acids is 3. The van der Waals surface area contributed by atoms with E-state index in [1.807, 2.05) is 24.5 Å². The summed E-state index contributed by atoms with van der Waals surface area (Å²) < 4.78 is 97.7. The zero-order valence-electron chi connectivity index (χ0n) is 23.1. The second-order valence-corrected chi connectivity index (χ2v) is 9.28. The van der Waals surface area contributed by atoms with Gasteiger partial charge in [-0.15, -0.1) is 0 Å². The van der Waals surface area contributed by atoms with Crippen LogP contribution in [-0.4, -0.2) is 68.0 Å². The first-order valence-electron chi connectivity index (χ1n) is 11.5. The Kier molecular flexibility index (Phi) is 16.7. The molecule has 1 aromatic heterocycles. The molecule has 0 aliphatic heterocycles. The first-order valence-corrected chi connectivity index (χ1v) is 11.5. The van der Waals surface area contributed by atoms with E-state index in [0.29, 0.717) is 6.42 Å². The van der Waals surface area contributed by atoms with Crippen LogP contribution in [0.1, 0.15) is 16.7 Å². The third-order valence-electron chi connectivity index (χ3n) is 4.22. The van der Waals surface area contributed by atoms with Gasteiger partial charge in [0.25, 0.3) is 5.91 Å². The Morgan fingerprint density at radius 2 is 1.09 bits per heavy atom. The number of pyridine rings is 1. The molecular formula is C24H27F9N4O7. The van der Waals surface area contributed by atoms with Crippen molar-refractivity contribution in [3.63, 3.8) is 0 Å². The highest BCUT2D eigenvalue weighted by Gasteiger charge is 2.30. The Morgan fingerprint density at radius 1 is 0.727 bits per heavy atom. The fourth-order valence-corrected chi connectivity index (χ4v) is 2.54. The molecule has 11 nitrogen and oxygen atoms in total. The molecule has 2 rings (SSSR count). The van der Waals surface area contributed by atoms with Crippen LogP contribution in [0.3, 0.4) is 0 Å². The molecule has 0 saturated carbocycles. The van der Waals surface area contributed by atoms with Crippen LogP contribution in [0.15, 0.2) is 48.8 Å². The number of rotatable bonds is 6. The average Bonchev–Trinajstić information content (AvgIpc) is 2.84. The van der Waals surface area contributed by atoms with Crippen LogP contribution in [-0.2, 0) is 38.7 Å². The molecule has 0 bridgehead atoms. The summed E-state index contributed by atoms with van der Waals surface area (Å²) in [5, 5.41) is 26.4. The molecule has 1 amide bonds. The molecule has 248 valence electrons. The molecule has 0 radical (unpaired) electrons. The maximum absolute atomic E-state index is 11.4. The maximum atomic E-state index is 11.4. The molecular weight excluding hydrogens is 627 g/mol. The van der Waals surface area contributed by atoms with E-state index >= 15 is 0 Å². The number of carbonyl (C=O) groups excluding carboxylic acids is 4. The Morgan fingerprint density at radius 3 is 1.41 bits per heavy atom. The topological polar surface area (TPSA) is 181 Å². The van der Waals surface area contributed by atoms with Crippen molar-refractivity contribution in [3.05, 3.63) is 65.5 Å². The van der Waals surface area contributed by atoms with Crippen molar-refractivity contribution in [2.24, 2.45) is 0 Å². The van der Waals surface area contributed by atoms with Gasteiger partial charge in [-0.25, -0.2) is 9.99 Å². The minimum absolute atomic E-state index is 0.0765. The Balaban J connectivity index is 0. The van der Waals surface area contributed by atoms with Crippen LogP contribution >= 0.6 is 0 Å². The number of hydrogen-bond donors (Lipinski definition) is 2. The fraction of sp³-hybridized carbons (Fsp3) is 0.375. The van der Waals surface area contributed by atoms with Crippen molar-refractivity contribution in [1.29, 1.82) is 0 Å². The highest BCUT2D eigenvalue weighted by molar-refractivity contribution is 5.76. The van der Waals surface area contributed by atoms with Gasteiger partial charge in [0.05, 0.1) is 27.6 Å². The molecule has 4 N–H and O–H groups in total. The Labute approximate surface area is 243 Å². The summed E-state index contributed by atoms with van der Waals surface area (Å²) in [5.74, 6) is -5.70. The molecule has 2 aromatic rings. The van der Waals surface area contributed by atoms with Gasteiger partial charge in [-0.1, -0.05) is 24.3 Å². The molecule has 1 heterocycles. The van der Waals surface area contributed by atoms with Crippen LogP contribution in [0, 0.1) is 0 Å². The van der Waals surface area contributed by atoms with Gasteiger partial charge in [0.15, 0.2) is 18.9 Å². The number of aromatic nitrogens is 1. The van der Waals surface area contributed by atoms with Gasteiger partial charge in [-0.3, -0.25) is 10.6 Å². The van der Waals surface area contributed by atoms with Crippen LogP contribution in [0.25, 0.3) is 0 Å². The zero-order chi connectivity index (χ0) is 35.1. The van der Waals surface area contributed by atoms with Crippen molar-refractivity contribution in [1.82, 2.24) is 5.43 Å². The number of alkyl halides is 9. The van der Waals surface area contributed by atoms with Crippen LogP contribution in [0.2, 0.25) is 0 Å². The number of amides is 1. The molecule has 0 saturated heterocycles. The summed E-state index contributed by atoms with van der Waals surface area (Å²) in [7, 11) is 6.58. The van der Waals surface area contributed by atoms with E-state index in [9.17, 15) is 44.3 Å². The number of carboxylic acids is 3. The molecule has 0 unspecified atom stereocenters. The average molecular weight is 654 g/mol. The van der Waals surface area contributed by atoms with Crippen molar-refractivity contribution in [2.45, 2.75) is 38.0 Å². The lowest BCUT2D eigenvalue weighted by molar-refractivity contribution is -0.884. The highest BCUT2D eigenvalue weighted by Crippen LogP contribution is 2.13. The lowest BCUT2D eigenvalue weighted by Gasteiger charge is -2.23. The van der Waals surface area contributed by atoms with Crippen molar-refractivity contribution in [2.75, 3.05) is 21.1 Å². The zero-order valence-corrected chi connectivity index (χ0v) is 23.1. The lowest BCUT2D eigenvalue weighted by atomic mass is 10.1. The third kappa shape index (κ3) is 21.3. The third-order valence-corrected chi connectivity index (χ3v) is 4.22. The molecule has 0 spiro atoms. The van der Waals surface area contributed by atoms with E-state index in [4.69, 9.17) is 29.7 Å². The number of carboxylic acid groups (broad SMARTS) is 3. The van der Waals surface area contributed by atoms with Gasteiger partial charge in [-0.2, -0.15) is 39.5 Å². The van der Waals surface area contributed by atoms with Crippen molar-refractivity contribution >= 4 is 23.8 Å². The summed E-state index contributed by atoms with van der Waals surface area (Å²) in [5.41, 5.74) is 5.98. The maximum Gasteiger partial charge on any atom is 0.430 e. The lowest BCUT2D eigenvalue weighted by Crippen LogP contribution is -2.67. The van der Waals surface area contributed by atoms with Gasteiger partial charge in [0.1, 0.15) is 24.5 Å². The van der Waals surface area contributed by atoms with Crippen LogP contribution in [0.5, 0.6) is 0 Å². The normalized spacial score (nSPS) is 11.3. The molecule has 44 heavy (non-hydrogen) atoms. The number of halogens is 9. The largest absolute Gasteiger partial charge is 0.542 e. The molecule has 0 aliphatic rings. The van der Waals surface area contributed by atoms with E-state index < -0.39 is 36.4 Å². The van der Waals surface area contributed by atoms with Crippen LogP contribution in [0.4, 0.5) is 39.5 Å². The summed E-state index contributed by atoms with van der Waals surface area (Å²) in [6, 6.07) is 12.7. The summed E-state index contributed by atoms with van der Waals surface area (Å²) in [6.45, 7) is 1.81. The molecule has 1 aromatic carbocycles. The second kappa shape index (κ2) is 17.6. The monoisotopic (exact) mass is 654 g/mol. The van der Waals surface area contributed by atoms with Crippen molar-refractivity contribution in [3.8, 4) is 0 Å². The molecule has 0 aliphatic carbocycles. The Bertz CT molecular complexity index is 1170. The van der Waals surface area contributed by atoms with E-state index in [0.717, 1.165) is 23.1 Å². The number of nitrogens with one attached hydrogen (secondary N) is 1. The van der Waals surface area contributed by atoms with Gasteiger partial charge >= 0.3 is 18.5 Å². The van der Waals surface area contributed by atoms with Gasteiger partial charge < -0.3 is 34.2 Å². The molecule has 0 fully saturated rings. The minimum atomic E-state index is -5.19. The summed E-state index contributed by atoms with van der Waals surface area (Å²) >= 11 is 0. The van der Waals surface area contributed by atoms with E-state index in [1.54, 1.807) is 0 Å². The van der Waals surface area contributed by atoms with E-state index in [-0.39, 0.29) is 5.91 Å². The number of benzene rings is 1. The SMILES string of the molecule is C[N+](C)(C)Cc1ccc(C[n+]2cccc(CC(=O)N[NH3+])c2)cc1.O=C([O-])C(F)(F)F.O=C([O-])C(F)(F)F.O=C([O-])C(F)(F)F. The smallest absolute Gasteiger partial charge is 0.430 e. The van der Waals surface area contributed by atoms with Crippen molar-refractivity contribution < 1.29 is 88.9 Å². The van der Waals surface area contributed by atoms with Crippen LogP contribution < -0.4 is 31.2 Å². The fourth-order valence-electron chi connectivity index (χ4n) is 2.54. The molecule has 0 atom stereocenters. The Hall–Kier alpha value is -4.46. The minimum Gasteiger partial charge on any atom is -0.542 e. The standard InChI is InChI=1S/C18H25N4O.3C2HF3O2/c1-22(2,3)14-16-8-6-15(7-9-16)12-21-10-4-5-17(13-21)11-18(23)20-19;3*3-2(4,5)1(6)7/h4-10,13H,11-12,14,19H2,1-3H3;3*(H,6,7)/q+1;;;/p-1. The predicted octanol–water partition coefficient (Wildman–Crippen LogP) is -2.06. The number of hydrogen-bond acceptors (Lipinski definition) is 7. The van der Waals surface area contributed by atoms with Gasteiger partial charge in [0.2, 0.25) is 0 Å². The number of quaternary nitrogens is 2. The predicted molar refractivity (Wildman–Crippen MR) is 122 cm³/mol. The summed E-state index contributed by atoms with van der Waals surface area (Å²) in [4.78, 5) is 37.8. The van der Waals surface area contributed by atoms with E-state index in [2.05, 4.69) is 61.2 Å². The van der Waals surface area contributed by atoms with Gasteiger partial charge in [-0.05, 0) is 6.07 Å². The number of carbonyl (C=O) groups is 4. The quantitative estimate of drug-likeness (QED) is 0.156. The first kappa shape index (κ1) is 41.7. The highest BCUT2D eigenvalue weighted by atomic mass is 19.4. The van der Waals surface area contributed by atoms with Gasteiger partial charge in [0, 0.05) is 22.8 Å². The molecule has 20 heteroatoms.